The predicted molar refractivity (Wildman–Crippen MR) is 102 cm³/mol. The van der Waals surface area contributed by atoms with Crippen LogP contribution in [0.3, 0.4) is 0 Å². The molecule has 2 heterocycles. The van der Waals surface area contributed by atoms with Crippen LogP contribution in [0, 0.1) is 0 Å². The molecule has 3 rings (SSSR count). The van der Waals surface area contributed by atoms with Crippen molar-refractivity contribution in [1.29, 1.82) is 0 Å². The Balaban J connectivity index is 1.78. The monoisotopic (exact) mass is 337 g/mol. The number of hydrogen-bond donors (Lipinski definition) is 0. The molecular weight excluding hydrogens is 310 g/mol. The van der Waals surface area contributed by atoms with Gasteiger partial charge in [0.15, 0.2) is 0 Å². The average molecular weight is 337 g/mol. The van der Waals surface area contributed by atoms with Crippen molar-refractivity contribution in [1.82, 2.24) is 14.8 Å². The Morgan fingerprint density at radius 3 is 2.36 bits per heavy atom. The number of amides is 1. The Labute approximate surface area is 150 Å². The molecule has 2 aromatic rings. The molecule has 1 fully saturated rings. The minimum atomic E-state index is -0.0720. The van der Waals surface area contributed by atoms with Crippen LogP contribution in [0.2, 0.25) is 0 Å². The molecule has 0 aliphatic carbocycles. The summed E-state index contributed by atoms with van der Waals surface area (Å²) >= 11 is 0. The van der Waals surface area contributed by atoms with E-state index in [1.54, 1.807) is 25.1 Å². The van der Waals surface area contributed by atoms with Crippen molar-refractivity contribution in [3.63, 3.8) is 0 Å². The van der Waals surface area contributed by atoms with Gasteiger partial charge in [0.05, 0.1) is 5.69 Å². The van der Waals surface area contributed by atoms with E-state index >= 15 is 0 Å². The van der Waals surface area contributed by atoms with E-state index < -0.39 is 0 Å². The van der Waals surface area contributed by atoms with Crippen LogP contribution in [0.5, 0.6) is 0 Å². The van der Waals surface area contributed by atoms with E-state index in [1.165, 1.54) is 37.9 Å². The second-order valence-corrected chi connectivity index (χ2v) is 7.00. The van der Waals surface area contributed by atoms with Crippen molar-refractivity contribution >= 4 is 5.91 Å². The van der Waals surface area contributed by atoms with Gasteiger partial charge in [0, 0.05) is 25.7 Å². The zero-order valence-corrected chi connectivity index (χ0v) is 15.4. The summed E-state index contributed by atoms with van der Waals surface area (Å²) < 4.78 is 0. The first kappa shape index (κ1) is 17.6. The van der Waals surface area contributed by atoms with Crippen LogP contribution in [0.25, 0.3) is 11.3 Å². The van der Waals surface area contributed by atoms with Crippen molar-refractivity contribution in [2.75, 3.05) is 27.2 Å². The SMILES string of the molecule is CC(c1ccc(-c2cccc(C(=O)N(C)C)n2)cc1)N1CCCCC1. The third kappa shape index (κ3) is 4.07. The van der Waals surface area contributed by atoms with Gasteiger partial charge in [0.1, 0.15) is 5.69 Å². The fraction of sp³-hybridized carbons (Fsp3) is 0.429. The summed E-state index contributed by atoms with van der Waals surface area (Å²) in [4.78, 5) is 20.7. The molecular formula is C21H27N3O. The molecule has 0 radical (unpaired) electrons. The lowest BCUT2D eigenvalue weighted by molar-refractivity contribution is 0.0822. The fourth-order valence-corrected chi connectivity index (χ4v) is 3.39. The highest BCUT2D eigenvalue weighted by Crippen LogP contribution is 2.26. The molecule has 132 valence electrons. The first-order valence-corrected chi connectivity index (χ1v) is 9.09. The summed E-state index contributed by atoms with van der Waals surface area (Å²) in [5, 5.41) is 0. The van der Waals surface area contributed by atoms with Crippen molar-refractivity contribution in [2.24, 2.45) is 0 Å². The molecule has 0 spiro atoms. The Morgan fingerprint density at radius 1 is 1.04 bits per heavy atom. The van der Waals surface area contributed by atoms with Gasteiger partial charge >= 0.3 is 0 Å². The Morgan fingerprint density at radius 2 is 1.72 bits per heavy atom. The molecule has 1 aliphatic heterocycles. The van der Waals surface area contributed by atoms with Crippen LogP contribution in [0.1, 0.15) is 48.3 Å². The van der Waals surface area contributed by atoms with Gasteiger partial charge in [-0.05, 0) is 50.6 Å². The normalized spacial score (nSPS) is 16.4. The van der Waals surface area contributed by atoms with E-state index in [0.29, 0.717) is 11.7 Å². The third-order valence-electron chi connectivity index (χ3n) is 5.00. The molecule has 1 aromatic heterocycles. The lowest BCUT2D eigenvalue weighted by atomic mass is 10.0. The number of hydrogen-bond acceptors (Lipinski definition) is 3. The van der Waals surface area contributed by atoms with E-state index in [0.717, 1.165) is 11.3 Å². The highest BCUT2D eigenvalue weighted by Gasteiger charge is 2.18. The number of nitrogens with zero attached hydrogens (tertiary/aromatic N) is 3. The maximum atomic E-state index is 12.1. The van der Waals surface area contributed by atoms with E-state index in [2.05, 4.69) is 41.1 Å². The Kier molecular flexibility index (Phi) is 5.49. The first-order valence-electron chi connectivity index (χ1n) is 9.09. The Hall–Kier alpha value is -2.20. The number of carbonyl (C=O) groups excluding carboxylic acids is 1. The second-order valence-electron chi connectivity index (χ2n) is 7.00. The standard InChI is InChI=1S/C21H27N3O/c1-16(24-14-5-4-6-15-24)17-10-12-18(13-11-17)19-8-7-9-20(22-19)21(25)23(2)3/h7-13,16H,4-6,14-15H2,1-3H3. The first-order chi connectivity index (χ1) is 12.1. The summed E-state index contributed by atoms with van der Waals surface area (Å²) in [6, 6.07) is 14.7. The molecule has 1 atom stereocenters. The molecule has 1 amide bonds. The summed E-state index contributed by atoms with van der Waals surface area (Å²) in [5.74, 6) is -0.0720. The highest BCUT2D eigenvalue weighted by molar-refractivity contribution is 5.92. The van der Waals surface area contributed by atoms with Crippen LogP contribution < -0.4 is 0 Å². The van der Waals surface area contributed by atoms with Gasteiger partial charge in [-0.3, -0.25) is 9.69 Å². The summed E-state index contributed by atoms with van der Waals surface area (Å²) in [7, 11) is 3.49. The molecule has 1 saturated heterocycles. The number of carbonyl (C=O) groups is 1. The average Bonchev–Trinajstić information content (AvgIpc) is 2.67. The number of likely N-dealkylation sites (tertiary alicyclic amines) is 1. The molecule has 4 heteroatoms. The van der Waals surface area contributed by atoms with E-state index in [1.807, 2.05) is 12.1 Å². The third-order valence-corrected chi connectivity index (χ3v) is 5.00. The number of piperidine rings is 1. The fourth-order valence-electron chi connectivity index (χ4n) is 3.39. The maximum Gasteiger partial charge on any atom is 0.271 e. The predicted octanol–water partition coefficient (Wildman–Crippen LogP) is 4.00. The minimum absolute atomic E-state index is 0.0720. The number of rotatable bonds is 4. The molecule has 1 aromatic carbocycles. The quantitative estimate of drug-likeness (QED) is 0.846. The van der Waals surface area contributed by atoms with E-state index in [4.69, 9.17) is 0 Å². The summed E-state index contributed by atoms with van der Waals surface area (Å²) in [6.45, 7) is 4.67. The van der Waals surface area contributed by atoms with Crippen molar-refractivity contribution in [3.05, 3.63) is 53.7 Å². The largest absolute Gasteiger partial charge is 0.343 e. The highest BCUT2D eigenvalue weighted by atomic mass is 16.2. The molecule has 0 bridgehead atoms. The minimum Gasteiger partial charge on any atom is -0.343 e. The van der Waals surface area contributed by atoms with Crippen LogP contribution in [0.15, 0.2) is 42.5 Å². The van der Waals surface area contributed by atoms with Crippen LogP contribution in [-0.4, -0.2) is 47.9 Å². The number of pyridine rings is 1. The van der Waals surface area contributed by atoms with Crippen molar-refractivity contribution < 1.29 is 4.79 Å². The van der Waals surface area contributed by atoms with Gasteiger partial charge in [-0.2, -0.15) is 0 Å². The van der Waals surface area contributed by atoms with Crippen molar-refractivity contribution in [3.8, 4) is 11.3 Å². The van der Waals surface area contributed by atoms with Gasteiger partial charge in [-0.25, -0.2) is 4.98 Å². The van der Waals surface area contributed by atoms with Gasteiger partial charge < -0.3 is 4.90 Å². The molecule has 1 aliphatic rings. The number of aromatic nitrogens is 1. The van der Waals surface area contributed by atoms with Gasteiger partial charge in [-0.15, -0.1) is 0 Å². The lowest BCUT2D eigenvalue weighted by Gasteiger charge is -2.32. The van der Waals surface area contributed by atoms with Gasteiger partial charge in [-0.1, -0.05) is 36.8 Å². The summed E-state index contributed by atoms with van der Waals surface area (Å²) in [5.41, 5.74) is 3.70. The van der Waals surface area contributed by atoms with Crippen LogP contribution in [0.4, 0.5) is 0 Å². The van der Waals surface area contributed by atoms with Gasteiger partial charge in [0.25, 0.3) is 5.91 Å². The zero-order valence-electron chi connectivity index (χ0n) is 15.4. The molecule has 25 heavy (non-hydrogen) atoms. The Bertz CT molecular complexity index is 718. The molecule has 0 N–H and O–H groups in total. The van der Waals surface area contributed by atoms with E-state index in [-0.39, 0.29) is 5.91 Å². The summed E-state index contributed by atoms with van der Waals surface area (Å²) in [6.07, 6.45) is 3.97. The zero-order chi connectivity index (χ0) is 17.8. The molecule has 1 unspecified atom stereocenters. The lowest BCUT2D eigenvalue weighted by Crippen LogP contribution is -2.32. The van der Waals surface area contributed by atoms with Crippen LogP contribution >= 0.6 is 0 Å². The van der Waals surface area contributed by atoms with Crippen molar-refractivity contribution in [2.45, 2.75) is 32.2 Å². The maximum absolute atomic E-state index is 12.1. The smallest absolute Gasteiger partial charge is 0.271 e. The molecule has 0 saturated carbocycles. The molecule has 4 nitrogen and oxygen atoms in total. The number of benzene rings is 1. The van der Waals surface area contributed by atoms with Crippen LogP contribution in [-0.2, 0) is 0 Å². The van der Waals surface area contributed by atoms with Gasteiger partial charge in [0.2, 0.25) is 0 Å². The van der Waals surface area contributed by atoms with E-state index in [9.17, 15) is 4.79 Å². The topological polar surface area (TPSA) is 36.4 Å². The second kappa shape index (κ2) is 7.79.